The molecule has 0 unspecified atom stereocenters. The molecule has 5 fully saturated rings. The van der Waals surface area contributed by atoms with Gasteiger partial charge in [0.15, 0.2) is 54.2 Å². The minimum atomic E-state index is -0.0727. The van der Waals surface area contributed by atoms with Gasteiger partial charge in [0.1, 0.15) is 0 Å². The highest BCUT2D eigenvalue weighted by molar-refractivity contribution is 6.32. The number of isocyanates is 1. The number of nitrogens with zero attached hydrogens (tertiary/aromatic N) is 17. The number of hydrogen-bond acceptors (Lipinski definition) is 22. The molecule has 600 valence electrons. The van der Waals surface area contributed by atoms with Crippen LogP contribution in [0.5, 0.6) is 0 Å². The lowest BCUT2D eigenvalue weighted by atomic mass is 9.87. The number of urea groups is 2. The molecule has 26 nitrogen and oxygen atoms in total. The highest BCUT2D eigenvalue weighted by Crippen LogP contribution is 2.29. The van der Waals surface area contributed by atoms with Crippen molar-refractivity contribution in [2.24, 2.45) is 4.99 Å². The second kappa shape index (κ2) is 44.9. The normalized spacial score (nSPS) is 15.0. The summed E-state index contributed by atoms with van der Waals surface area (Å²) >= 11 is 34.4. The molecule has 5 aromatic heterocycles. The number of piperazine rings is 5. The zero-order chi connectivity index (χ0) is 80.1. The Hall–Kier alpha value is -8.24. The molecule has 5 aliphatic heterocycles. The molecule has 111 heavy (non-hydrogen) atoms. The highest BCUT2D eigenvalue weighted by atomic mass is 35.5. The van der Waals surface area contributed by atoms with Crippen LogP contribution in [0.2, 0.25) is 30.9 Å². The van der Waals surface area contributed by atoms with Gasteiger partial charge in [0, 0.05) is 142 Å². The van der Waals surface area contributed by atoms with Crippen LogP contribution < -0.4 is 51.5 Å². The van der Waals surface area contributed by atoms with Crippen LogP contribution in [0, 0.1) is 34.6 Å². The van der Waals surface area contributed by atoms with Gasteiger partial charge in [0.25, 0.3) is 0 Å². The smallest absolute Gasteiger partial charge is 0.321 e. The molecule has 8 aromatic rings. The van der Waals surface area contributed by atoms with Crippen molar-refractivity contribution in [1.29, 1.82) is 0 Å². The Kier molecular flexibility index (Phi) is 37.0. The summed E-state index contributed by atoms with van der Waals surface area (Å²) in [5.41, 5.74) is 11.2. The average molecular weight is 1640 g/mol. The first-order chi connectivity index (χ1) is 52.2. The molecule has 10 heterocycles. The summed E-state index contributed by atoms with van der Waals surface area (Å²) < 4.78 is 0. The SMILES string of the molecule is C.C1CNCCN1.CC(C)(C)c1ccc(N=C=O)cc1.Cc1cc(Cl)nnc1Cl.Cc1cc(Cl)nnc1N1CCN(C(=O)Nc2ccc(C(C)(C)C)cc2)CC1.Cc1cc(Cl)nnc1N1CCNCC1.Cc1cc(N2CCN(C(=O)Nc3ccc(C(C)(C)C)cc3)CC2)nnc1Cl.Cc1cc(N2CCNCC2)nnc1Cl. The van der Waals surface area contributed by atoms with Crippen LogP contribution in [-0.2, 0) is 21.0 Å². The van der Waals surface area contributed by atoms with Crippen molar-refractivity contribution in [1.82, 2.24) is 82.1 Å². The quantitative estimate of drug-likeness (QED) is 0.0638. The summed E-state index contributed by atoms with van der Waals surface area (Å²) in [6.07, 6.45) is 1.52. The second-order valence-electron chi connectivity index (χ2n) is 29.8. The Morgan fingerprint density at radius 2 is 0.658 bits per heavy atom. The van der Waals surface area contributed by atoms with E-state index in [9.17, 15) is 14.4 Å². The highest BCUT2D eigenvalue weighted by Gasteiger charge is 2.26. The molecule has 0 radical (unpaired) electrons. The lowest BCUT2D eigenvalue weighted by Gasteiger charge is -2.35. The second-order valence-corrected chi connectivity index (χ2v) is 32.0. The van der Waals surface area contributed by atoms with Crippen LogP contribution in [0.15, 0.2) is 108 Å². The van der Waals surface area contributed by atoms with Gasteiger partial charge in [-0.1, -0.05) is 176 Å². The van der Waals surface area contributed by atoms with E-state index >= 15 is 0 Å². The van der Waals surface area contributed by atoms with Gasteiger partial charge < -0.3 is 61.3 Å². The van der Waals surface area contributed by atoms with E-state index in [-0.39, 0.29) is 35.7 Å². The monoisotopic (exact) mass is 1640 g/mol. The van der Waals surface area contributed by atoms with Crippen LogP contribution in [0.25, 0.3) is 0 Å². The largest absolute Gasteiger partial charge is 0.353 e. The van der Waals surface area contributed by atoms with Gasteiger partial charge in [0.2, 0.25) is 6.08 Å². The molecule has 13 rings (SSSR count). The molecule has 4 amide bonds. The minimum absolute atomic E-state index is 0. The molecule has 0 bridgehead atoms. The minimum Gasteiger partial charge on any atom is -0.353 e. The number of anilines is 6. The van der Waals surface area contributed by atoms with Crippen molar-refractivity contribution in [3.05, 3.63) is 179 Å². The predicted molar refractivity (Wildman–Crippen MR) is 455 cm³/mol. The fourth-order valence-corrected chi connectivity index (χ4v) is 12.3. The maximum atomic E-state index is 12.6. The van der Waals surface area contributed by atoms with Gasteiger partial charge in [-0.2, -0.15) is 4.99 Å². The summed E-state index contributed by atoms with van der Waals surface area (Å²) in [6, 6.07) is 32.8. The third-order valence-corrected chi connectivity index (χ3v) is 19.7. The number of aryl methyl sites for hydroxylation is 5. The van der Waals surface area contributed by atoms with E-state index in [1.807, 2.05) is 117 Å². The van der Waals surface area contributed by atoms with Crippen molar-refractivity contribution < 1.29 is 14.4 Å². The molecule has 6 N–H and O–H groups in total. The number of amides is 4. The van der Waals surface area contributed by atoms with E-state index in [1.54, 1.807) is 6.07 Å². The molecule has 5 aliphatic rings. The first-order valence-electron chi connectivity index (χ1n) is 36.7. The Morgan fingerprint density at radius 1 is 0.369 bits per heavy atom. The summed E-state index contributed by atoms with van der Waals surface area (Å²) in [4.78, 5) is 50.9. The van der Waals surface area contributed by atoms with Crippen LogP contribution in [-0.4, -0.2) is 210 Å². The number of nitrogens with one attached hydrogen (secondary N) is 6. The van der Waals surface area contributed by atoms with E-state index in [0.717, 1.165) is 141 Å². The number of halogens is 6. The maximum absolute atomic E-state index is 12.6. The molecular formula is C79H109Cl6N23O3. The standard InChI is InChI=1S/2C20H26ClN5O.C11H13NO.2C9H13ClN4.C5H4Cl2N2.C4H10N2.CH4/c1-14-13-17(23-24-18(14)21)25-9-11-26(12-10-25)19(27)22-16-7-5-15(6-8-16)20(2,3)4;1-14-13-17(21)23-24-18(14)25-9-11-26(12-10-25)19(27)22-16-7-5-15(6-8-16)20(2,3)4;1-11(2,3)9-4-6-10(7-5-9)12-8-13;1-7-6-8(12-13-9(7)10)14-4-2-11-3-5-14;1-7-6-8(10)12-13-9(7)14-4-2-11-3-5-14;1-3-2-4(6)8-9-5(3)7;1-2-6-4-3-5-1;/h2*5-8,13H,9-12H2,1-4H3,(H,22,27);4-7H,1-3H3;2*6,11H,2-5H2,1H3;2H,1H3;5-6H,1-4H2;1H4. The molecule has 0 aliphatic carbocycles. The predicted octanol–water partition coefficient (Wildman–Crippen LogP) is 14.7. The molecule has 0 saturated carbocycles. The van der Waals surface area contributed by atoms with Crippen LogP contribution in [0.4, 0.5) is 49.9 Å². The molecule has 32 heteroatoms. The number of rotatable bonds is 7. The van der Waals surface area contributed by atoms with E-state index in [0.29, 0.717) is 89.0 Å². The molecule has 0 spiro atoms. The Balaban J connectivity index is 0.000000212. The fraction of sp³-hybridized carbons (Fsp3) is 0.481. The molecule has 5 saturated heterocycles. The summed E-state index contributed by atoms with van der Waals surface area (Å²) in [5.74, 6) is 3.51. The van der Waals surface area contributed by atoms with Crippen molar-refractivity contribution in [3.8, 4) is 0 Å². The number of benzene rings is 3. The van der Waals surface area contributed by atoms with Crippen LogP contribution in [0.1, 0.15) is 114 Å². The topological polar surface area (TPSA) is 284 Å². The molecular weight excluding hydrogens is 1530 g/mol. The first-order valence-corrected chi connectivity index (χ1v) is 39.0. The van der Waals surface area contributed by atoms with E-state index in [2.05, 4.69) is 194 Å². The van der Waals surface area contributed by atoms with Gasteiger partial charge in [-0.3, -0.25) is 0 Å². The van der Waals surface area contributed by atoms with Crippen LogP contribution >= 0.6 is 69.6 Å². The van der Waals surface area contributed by atoms with Crippen molar-refractivity contribution >= 4 is 128 Å². The van der Waals surface area contributed by atoms with E-state index in [1.165, 1.54) is 22.8 Å². The summed E-state index contributed by atoms with van der Waals surface area (Å²) in [5, 5.41) is 60.9. The van der Waals surface area contributed by atoms with E-state index in [4.69, 9.17) is 69.6 Å². The third-order valence-electron chi connectivity index (χ3n) is 18.1. The summed E-state index contributed by atoms with van der Waals surface area (Å²) in [6.45, 7) is 47.0. The Bertz CT molecular complexity index is 4230. The average Bonchev–Trinajstić information content (AvgIpc) is 0.831. The Morgan fingerprint density at radius 3 is 0.973 bits per heavy atom. The zero-order valence-corrected chi connectivity index (χ0v) is 70.1. The van der Waals surface area contributed by atoms with E-state index < -0.39 is 0 Å². The van der Waals surface area contributed by atoms with Gasteiger partial charge >= 0.3 is 12.1 Å². The number of aromatic nitrogens is 10. The first kappa shape index (κ1) is 91.6. The van der Waals surface area contributed by atoms with Crippen LogP contribution in [0.3, 0.4) is 0 Å². The molecule has 3 aromatic carbocycles. The molecule has 0 atom stereocenters. The number of hydrogen-bond donors (Lipinski definition) is 6. The van der Waals surface area contributed by atoms with Crippen molar-refractivity contribution in [3.63, 3.8) is 0 Å². The van der Waals surface area contributed by atoms with Gasteiger partial charge in [-0.25, -0.2) is 14.4 Å². The number of aliphatic imine (C=N–C) groups is 1. The fourth-order valence-electron chi connectivity index (χ4n) is 11.4. The Labute approximate surface area is 685 Å². The third kappa shape index (κ3) is 30.7. The number of carbonyl (C=O) groups is 2. The van der Waals surface area contributed by atoms with Gasteiger partial charge in [-0.05, 0) is 162 Å². The maximum Gasteiger partial charge on any atom is 0.321 e. The summed E-state index contributed by atoms with van der Waals surface area (Å²) in [7, 11) is 0. The van der Waals surface area contributed by atoms with Crippen molar-refractivity contribution in [2.45, 2.75) is 121 Å². The van der Waals surface area contributed by atoms with Gasteiger partial charge in [-0.15, -0.1) is 51.0 Å². The van der Waals surface area contributed by atoms with Gasteiger partial charge in [0.05, 0.1) is 5.69 Å². The lowest BCUT2D eigenvalue weighted by Crippen LogP contribution is -2.50. The van der Waals surface area contributed by atoms with Crippen molar-refractivity contribution in [2.75, 3.05) is 161 Å². The zero-order valence-electron chi connectivity index (χ0n) is 65.6. The number of carbonyl (C=O) groups excluding carboxylic acids is 3. The lowest BCUT2D eigenvalue weighted by molar-refractivity contribution is 0.207.